The van der Waals surface area contributed by atoms with Gasteiger partial charge in [-0.1, -0.05) is 29.3 Å². The first-order valence-electron chi connectivity index (χ1n) is 5.19. The molecule has 1 aromatic carbocycles. The molecule has 1 aromatic heterocycles. The number of anilines is 1. The van der Waals surface area contributed by atoms with E-state index >= 15 is 0 Å². The predicted octanol–water partition coefficient (Wildman–Crippen LogP) is 3.56. The summed E-state index contributed by atoms with van der Waals surface area (Å²) in [6.07, 6.45) is 3.00. The molecule has 0 radical (unpaired) electrons. The Labute approximate surface area is 114 Å². The normalized spacial score (nSPS) is 10.4. The molecule has 94 valence electrons. The minimum Gasteiger partial charge on any atom is -0.354 e. The Bertz CT molecular complexity index is 543. The van der Waals surface area contributed by atoms with Crippen molar-refractivity contribution in [2.24, 2.45) is 0 Å². The maximum atomic E-state index is 13.6. The van der Waals surface area contributed by atoms with Gasteiger partial charge in [0.15, 0.2) is 0 Å². The van der Waals surface area contributed by atoms with Crippen LogP contribution < -0.4 is 4.90 Å². The van der Waals surface area contributed by atoms with Crippen molar-refractivity contribution in [1.82, 2.24) is 9.97 Å². The molecular weight excluding hydrogens is 276 g/mol. The molecule has 0 aliphatic rings. The van der Waals surface area contributed by atoms with Crippen LogP contribution in [-0.4, -0.2) is 17.0 Å². The third-order valence-corrected chi connectivity index (χ3v) is 2.98. The van der Waals surface area contributed by atoms with Gasteiger partial charge in [0.05, 0.1) is 12.4 Å². The van der Waals surface area contributed by atoms with Crippen molar-refractivity contribution in [2.75, 3.05) is 11.9 Å². The molecule has 6 heteroatoms. The lowest BCUT2D eigenvalue weighted by Gasteiger charge is -2.18. The Hall–Kier alpha value is -1.39. The first kappa shape index (κ1) is 13.1. The number of hydrogen-bond donors (Lipinski definition) is 0. The summed E-state index contributed by atoms with van der Waals surface area (Å²) < 4.78 is 13.6. The van der Waals surface area contributed by atoms with E-state index in [1.807, 2.05) is 0 Å². The van der Waals surface area contributed by atoms with E-state index in [4.69, 9.17) is 23.2 Å². The number of nitrogens with zero attached hydrogens (tertiary/aromatic N) is 3. The molecule has 0 atom stereocenters. The van der Waals surface area contributed by atoms with Gasteiger partial charge in [-0.3, -0.25) is 4.98 Å². The van der Waals surface area contributed by atoms with Crippen molar-refractivity contribution >= 4 is 29.0 Å². The summed E-state index contributed by atoms with van der Waals surface area (Å²) in [5, 5.41) is 0.677. The van der Waals surface area contributed by atoms with Gasteiger partial charge in [0.2, 0.25) is 0 Å². The highest BCUT2D eigenvalue weighted by Crippen LogP contribution is 2.22. The van der Waals surface area contributed by atoms with Crippen LogP contribution in [0.2, 0.25) is 10.2 Å². The third-order valence-electron chi connectivity index (χ3n) is 2.44. The molecule has 0 unspecified atom stereocenters. The molecule has 18 heavy (non-hydrogen) atoms. The second-order valence-corrected chi connectivity index (χ2v) is 4.55. The largest absolute Gasteiger partial charge is 0.354 e. The van der Waals surface area contributed by atoms with Crippen LogP contribution in [-0.2, 0) is 6.54 Å². The SMILES string of the molecule is CN(Cc1c(F)cccc1Cl)c1cncc(Cl)n1. The Morgan fingerprint density at radius 3 is 2.72 bits per heavy atom. The van der Waals surface area contributed by atoms with Gasteiger partial charge >= 0.3 is 0 Å². The average molecular weight is 286 g/mol. The zero-order valence-corrected chi connectivity index (χ0v) is 11.1. The van der Waals surface area contributed by atoms with Crippen molar-refractivity contribution in [2.45, 2.75) is 6.54 Å². The van der Waals surface area contributed by atoms with Gasteiger partial charge in [-0.2, -0.15) is 0 Å². The number of aromatic nitrogens is 2. The van der Waals surface area contributed by atoms with Crippen LogP contribution in [0.1, 0.15) is 5.56 Å². The minimum atomic E-state index is -0.343. The molecule has 0 N–H and O–H groups in total. The van der Waals surface area contributed by atoms with Gasteiger partial charge in [0, 0.05) is 24.2 Å². The number of halogens is 3. The van der Waals surface area contributed by atoms with Crippen LogP contribution in [0.25, 0.3) is 0 Å². The first-order valence-corrected chi connectivity index (χ1v) is 5.95. The van der Waals surface area contributed by atoms with E-state index in [2.05, 4.69) is 9.97 Å². The highest BCUT2D eigenvalue weighted by molar-refractivity contribution is 6.31. The van der Waals surface area contributed by atoms with Crippen LogP contribution in [0.5, 0.6) is 0 Å². The summed E-state index contributed by atoms with van der Waals surface area (Å²) in [5.41, 5.74) is 0.420. The fourth-order valence-electron chi connectivity index (χ4n) is 1.52. The molecule has 0 bridgehead atoms. The highest BCUT2D eigenvalue weighted by Gasteiger charge is 2.11. The monoisotopic (exact) mass is 285 g/mol. The fraction of sp³-hybridized carbons (Fsp3) is 0.167. The van der Waals surface area contributed by atoms with Gasteiger partial charge in [0.1, 0.15) is 16.8 Å². The maximum absolute atomic E-state index is 13.6. The lowest BCUT2D eigenvalue weighted by molar-refractivity contribution is 0.607. The Morgan fingerprint density at radius 1 is 1.28 bits per heavy atom. The van der Waals surface area contributed by atoms with E-state index in [0.717, 1.165) is 0 Å². The Morgan fingerprint density at radius 2 is 2.06 bits per heavy atom. The molecule has 1 heterocycles. The molecule has 0 saturated heterocycles. The molecule has 3 nitrogen and oxygen atoms in total. The molecule has 0 saturated carbocycles. The van der Waals surface area contributed by atoms with E-state index in [0.29, 0.717) is 28.1 Å². The second-order valence-electron chi connectivity index (χ2n) is 3.76. The van der Waals surface area contributed by atoms with Crippen molar-refractivity contribution in [3.8, 4) is 0 Å². The topological polar surface area (TPSA) is 29.0 Å². The second kappa shape index (κ2) is 5.50. The van der Waals surface area contributed by atoms with E-state index in [9.17, 15) is 4.39 Å². The van der Waals surface area contributed by atoms with Gasteiger partial charge in [-0.15, -0.1) is 0 Å². The van der Waals surface area contributed by atoms with Gasteiger partial charge in [-0.25, -0.2) is 9.37 Å². The van der Waals surface area contributed by atoms with Crippen molar-refractivity contribution in [1.29, 1.82) is 0 Å². The number of hydrogen-bond acceptors (Lipinski definition) is 3. The van der Waals surface area contributed by atoms with E-state index in [1.54, 1.807) is 30.3 Å². The third kappa shape index (κ3) is 2.89. The zero-order chi connectivity index (χ0) is 13.1. The molecule has 0 aliphatic carbocycles. The standard InChI is InChI=1S/C12H10Cl2FN3/c1-18(12-6-16-5-11(14)17-12)7-8-9(13)3-2-4-10(8)15/h2-6H,7H2,1H3. The molecule has 0 amide bonds. The Balaban J connectivity index is 2.24. The summed E-state index contributed by atoms with van der Waals surface area (Å²) >= 11 is 11.7. The predicted molar refractivity (Wildman–Crippen MR) is 70.6 cm³/mol. The van der Waals surface area contributed by atoms with Gasteiger partial charge in [0.25, 0.3) is 0 Å². The summed E-state index contributed by atoms with van der Waals surface area (Å²) in [6, 6.07) is 4.59. The van der Waals surface area contributed by atoms with Crippen LogP contribution >= 0.6 is 23.2 Å². The summed E-state index contributed by atoms with van der Waals surface area (Å²) in [5.74, 6) is 0.214. The zero-order valence-electron chi connectivity index (χ0n) is 9.57. The van der Waals surface area contributed by atoms with Gasteiger partial charge in [-0.05, 0) is 12.1 Å². The van der Waals surface area contributed by atoms with Crippen LogP contribution in [0.3, 0.4) is 0 Å². The first-order chi connectivity index (χ1) is 8.58. The smallest absolute Gasteiger partial charge is 0.149 e. The molecule has 0 fully saturated rings. The van der Waals surface area contributed by atoms with E-state index in [1.165, 1.54) is 12.3 Å². The quantitative estimate of drug-likeness (QED) is 0.864. The molecule has 0 spiro atoms. The molecule has 2 aromatic rings. The number of benzene rings is 1. The van der Waals surface area contributed by atoms with Crippen LogP contribution in [0.15, 0.2) is 30.6 Å². The molecule has 0 aliphatic heterocycles. The van der Waals surface area contributed by atoms with Crippen LogP contribution in [0, 0.1) is 5.82 Å². The average Bonchev–Trinajstić information content (AvgIpc) is 2.34. The van der Waals surface area contributed by atoms with Gasteiger partial charge < -0.3 is 4.90 Å². The minimum absolute atomic E-state index is 0.291. The lowest BCUT2D eigenvalue weighted by atomic mass is 10.2. The Kier molecular flexibility index (Phi) is 3.99. The molecule has 2 rings (SSSR count). The van der Waals surface area contributed by atoms with Crippen molar-refractivity contribution < 1.29 is 4.39 Å². The summed E-state index contributed by atoms with van der Waals surface area (Å²) in [6.45, 7) is 0.292. The maximum Gasteiger partial charge on any atom is 0.149 e. The van der Waals surface area contributed by atoms with Crippen molar-refractivity contribution in [3.63, 3.8) is 0 Å². The summed E-state index contributed by atoms with van der Waals surface area (Å²) in [7, 11) is 1.77. The van der Waals surface area contributed by atoms with Crippen LogP contribution in [0.4, 0.5) is 10.2 Å². The van der Waals surface area contributed by atoms with E-state index in [-0.39, 0.29) is 5.82 Å². The fourth-order valence-corrected chi connectivity index (χ4v) is 1.88. The molecular formula is C12H10Cl2FN3. The highest BCUT2D eigenvalue weighted by atomic mass is 35.5. The number of rotatable bonds is 3. The summed E-state index contributed by atoms with van der Waals surface area (Å²) in [4.78, 5) is 9.75. The lowest BCUT2D eigenvalue weighted by Crippen LogP contribution is -2.19. The van der Waals surface area contributed by atoms with Crippen molar-refractivity contribution in [3.05, 3.63) is 52.1 Å². The van der Waals surface area contributed by atoms with E-state index < -0.39 is 0 Å².